The van der Waals surface area contributed by atoms with Crippen molar-refractivity contribution in [1.82, 2.24) is 5.43 Å². The fourth-order valence-electron chi connectivity index (χ4n) is 1.56. The van der Waals surface area contributed by atoms with Crippen LogP contribution in [0.5, 0.6) is 0 Å². The second-order valence-electron chi connectivity index (χ2n) is 3.79. The van der Waals surface area contributed by atoms with E-state index in [-0.39, 0.29) is 6.04 Å². The first-order chi connectivity index (χ1) is 8.19. The Balaban J connectivity index is 2.62. The minimum absolute atomic E-state index is 0.0435. The molecule has 0 fully saturated rings. The molecule has 3 nitrogen and oxygen atoms in total. The molecule has 17 heavy (non-hydrogen) atoms. The van der Waals surface area contributed by atoms with E-state index in [2.05, 4.69) is 12.3 Å². The SMILES string of the molecule is CCCOCCC(NN)c1cc(Cl)ccc1Cl. The number of nitrogens with two attached hydrogens (primary N) is 1. The van der Waals surface area contributed by atoms with Crippen LogP contribution in [-0.4, -0.2) is 13.2 Å². The smallest absolute Gasteiger partial charge is 0.0497 e. The van der Waals surface area contributed by atoms with Gasteiger partial charge in [-0.25, -0.2) is 0 Å². The van der Waals surface area contributed by atoms with Crippen LogP contribution < -0.4 is 11.3 Å². The maximum atomic E-state index is 6.11. The highest BCUT2D eigenvalue weighted by Gasteiger charge is 2.13. The summed E-state index contributed by atoms with van der Waals surface area (Å²) in [6.07, 6.45) is 1.77. The van der Waals surface area contributed by atoms with Gasteiger partial charge in [0, 0.05) is 29.3 Å². The van der Waals surface area contributed by atoms with Gasteiger partial charge in [-0.05, 0) is 36.6 Å². The van der Waals surface area contributed by atoms with E-state index in [1.807, 2.05) is 6.07 Å². The van der Waals surface area contributed by atoms with Crippen molar-refractivity contribution in [2.75, 3.05) is 13.2 Å². The summed E-state index contributed by atoms with van der Waals surface area (Å²) in [6.45, 7) is 3.48. The Morgan fingerprint density at radius 1 is 1.35 bits per heavy atom. The number of ether oxygens (including phenoxy) is 1. The zero-order valence-electron chi connectivity index (χ0n) is 9.88. The highest BCUT2D eigenvalue weighted by molar-refractivity contribution is 6.33. The normalized spacial score (nSPS) is 12.7. The molecule has 96 valence electrons. The lowest BCUT2D eigenvalue weighted by molar-refractivity contribution is 0.124. The summed E-state index contributed by atoms with van der Waals surface area (Å²) in [6, 6.07) is 5.32. The van der Waals surface area contributed by atoms with E-state index in [0.717, 1.165) is 25.0 Å². The maximum absolute atomic E-state index is 6.11. The van der Waals surface area contributed by atoms with Crippen LogP contribution in [0.4, 0.5) is 0 Å². The van der Waals surface area contributed by atoms with Crippen molar-refractivity contribution in [3.63, 3.8) is 0 Å². The third-order valence-electron chi connectivity index (χ3n) is 2.43. The molecular formula is C12H18Cl2N2O. The molecule has 0 aliphatic carbocycles. The molecule has 0 bridgehead atoms. The average Bonchev–Trinajstić information content (AvgIpc) is 2.33. The number of hydrogen-bond donors (Lipinski definition) is 2. The molecule has 0 heterocycles. The summed E-state index contributed by atoms with van der Waals surface area (Å²) in [5.74, 6) is 5.53. The number of halogens is 2. The molecule has 0 radical (unpaired) electrons. The van der Waals surface area contributed by atoms with Crippen molar-refractivity contribution in [2.24, 2.45) is 5.84 Å². The Hall–Kier alpha value is -0.320. The molecule has 0 saturated heterocycles. The standard InChI is InChI=1S/C12H18Cl2N2O/c1-2-6-17-7-5-12(16-15)10-8-9(13)3-4-11(10)14/h3-4,8,12,16H,2,5-7,15H2,1H3. The second-order valence-corrected chi connectivity index (χ2v) is 4.63. The molecule has 0 aliphatic rings. The molecule has 0 aromatic heterocycles. The monoisotopic (exact) mass is 276 g/mol. The van der Waals surface area contributed by atoms with E-state index in [9.17, 15) is 0 Å². The van der Waals surface area contributed by atoms with Gasteiger partial charge < -0.3 is 4.74 Å². The maximum Gasteiger partial charge on any atom is 0.0497 e. The van der Waals surface area contributed by atoms with Gasteiger partial charge in [-0.3, -0.25) is 11.3 Å². The molecule has 3 N–H and O–H groups in total. The van der Waals surface area contributed by atoms with Gasteiger partial charge in [-0.1, -0.05) is 30.1 Å². The fourth-order valence-corrected chi connectivity index (χ4v) is 1.99. The predicted molar refractivity (Wildman–Crippen MR) is 72.3 cm³/mol. The van der Waals surface area contributed by atoms with Gasteiger partial charge in [-0.2, -0.15) is 0 Å². The highest BCUT2D eigenvalue weighted by Crippen LogP contribution is 2.27. The largest absolute Gasteiger partial charge is 0.381 e. The molecule has 1 rings (SSSR count). The minimum atomic E-state index is -0.0435. The molecule has 0 saturated carbocycles. The molecule has 0 amide bonds. The van der Waals surface area contributed by atoms with E-state index in [4.69, 9.17) is 33.8 Å². The molecule has 1 aromatic rings. The van der Waals surface area contributed by atoms with Crippen LogP contribution in [0.1, 0.15) is 31.4 Å². The van der Waals surface area contributed by atoms with Crippen molar-refractivity contribution < 1.29 is 4.74 Å². The van der Waals surface area contributed by atoms with Gasteiger partial charge in [0.05, 0.1) is 0 Å². The lowest BCUT2D eigenvalue weighted by Crippen LogP contribution is -2.29. The molecule has 1 unspecified atom stereocenters. The second kappa shape index (κ2) is 7.90. The fraction of sp³-hybridized carbons (Fsp3) is 0.500. The van der Waals surface area contributed by atoms with Crippen LogP contribution in [0, 0.1) is 0 Å². The molecule has 5 heteroatoms. The summed E-state index contributed by atoms with van der Waals surface area (Å²) < 4.78 is 5.44. The van der Waals surface area contributed by atoms with Crippen LogP contribution >= 0.6 is 23.2 Å². The molecule has 1 atom stereocenters. The third kappa shape index (κ3) is 4.82. The zero-order chi connectivity index (χ0) is 12.7. The number of benzene rings is 1. The number of hydrazine groups is 1. The van der Waals surface area contributed by atoms with Crippen molar-refractivity contribution in [3.8, 4) is 0 Å². The Labute approximate surface area is 112 Å². The number of rotatable bonds is 7. The Morgan fingerprint density at radius 2 is 2.12 bits per heavy atom. The van der Waals surface area contributed by atoms with E-state index in [1.165, 1.54) is 0 Å². The minimum Gasteiger partial charge on any atom is -0.381 e. The number of nitrogens with one attached hydrogen (secondary N) is 1. The molecule has 0 aliphatic heterocycles. The summed E-state index contributed by atoms with van der Waals surface area (Å²) in [4.78, 5) is 0. The lowest BCUT2D eigenvalue weighted by atomic mass is 10.0. The average molecular weight is 277 g/mol. The van der Waals surface area contributed by atoms with E-state index >= 15 is 0 Å². The van der Waals surface area contributed by atoms with Crippen molar-refractivity contribution >= 4 is 23.2 Å². The summed E-state index contributed by atoms with van der Waals surface area (Å²) in [5.41, 5.74) is 3.64. The quantitative estimate of drug-likeness (QED) is 0.456. The Bertz CT molecular complexity index is 347. The summed E-state index contributed by atoms with van der Waals surface area (Å²) in [5, 5.41) is 1.31. The van der Waals surface area contributed by atoms with Crippen LogP contribution in [0.15, 0.2) is 18.2 Å². The lowest BCUT2D eigenvalue weighted by Gasteiger charge is -2.18. The van der Waals surface area contributed by atoms with E-state index in [0.29, 0.717) is 16.7 Å². The summed E-state index contributed by atoms with van der Waals surface area (Å²) >= 11 is 12.1. The van der Waals surface area contributed by atoms with Crippen LogP contribution in [-0.2, 0) is 4.74 Å². The molecule has 1 aromatic carbocycles. The van der Waals surface area contributed by atoms with Gasteiger partial charge in [0.25, 0.3) is 0 Å². The highest BCUT2D eigenvalue weighted by atomic mass is 35.5. The topological polar surface area (TPSA) is 47.3 Å². The zero-order valence-corrected chi connectivity index (χ0v) is 11.4. The van der Waals surface area contributed by atoms with Crippen LogP contribution in [0.2, 0.25) is 10.0 Å². The predicted octanol–water partition coefficient (Wildman–Crippen LogP) is 3.31. The van der Waals surface area contributed by atoms with Gasteiger partial charge in [-0.15, -0.1) is 0 Å². The first-order valence-electron chi connectivity index (χ1n) is 5.67. The van der Waals surface area contributed by atoms with Crippen LogP contribution in [0.3, 0.4) is 0 Å². The van der Waals surface area contributed by atoms with Gasteiger partial charge in [0.15, 0.2) is 0 Å². The summed E-state index contributed by atoms with van der Waals surface area (Å²) in [7, 11) is 0. The van der Waals surface area contributed by atoms with Gasteiger partial charge >= 0.3 is 0 Å². The first kappa shape index (κ1) is 14.7. The van der Waals surface area contributed by atoms with Crippen LogP contribution in [0.25, 0.3) is 0 Å². The van der Waals surface area contributed by atoms with E-state index < -0.39 is 0 Å². The first-order valence-corrected chi connectivity index (χ1v) is 6.43. The van der Waals surface area contributed by atoms with Gasteiger partial charge in [0.2, 0.25) is 0 Å². The number of hydrogen-bond acceptors (Lipinski definition) is 3. The molecular weight excluding hydrogens is 259 g/mol. The van der Waals surface area contributed by atoms with Crippen molar-refractivity contribution in [2.45, 2.75) is 25.8 Å². The third-order valence-corrected chi connectivity index (χ3v) is 3.01. The van der Waals surface area contributed by atoms with Crippen molar-refractivity contribution in [3.05, 3.63) is 33.8 Å². The Morgan fingerprint density at radius 3 is 2.76 bits per heavy atom. The Kier molecular flexibility index (Phi) is 6.85. The van der Waals surface area contributed by atoms with Crippen molar-refractivity contribution in [1.29, 1.82) is 0 Å². The van der Waals surface area contributed by atoms with Gasteiger partial charge in [0.1, 0.15) is 0 Å². The molecule has 0 spiro atoms. The van der Waals surface area contributed by atoms with E-state index in [1.54, 1.807) is 12.1 Å².